The lowest BCUT2D eigenvalue weighted by Gasteiger charge is -2.35. The summed E-state index contributed by atoms with van der Waals surface area (Å²) in [5, 5.41) is 0. The summed E-state index contributed by atoms with van der Waals surface area (Å²) in [6, 6.07) is 0. The summed E-state index contributed by atoms with van der Waals surface area (Å²) in [4.78, 5) is 0. The van der Waals surface area contributed by atoms with Gasteiger partial charge in [-0.15, -0.1) is 0 Å². The summed E-state index contributed by atoms with van der Waals surface area (Å²) < 4.78 is 11.1. The Balaban J connectivity index is 2.00. The Morgan fingerprint density at radius 2 is 2.27 bits per heavy atom. The van der Waals surface area contributed by atoms with Gasteiger partial charge in [0.25, 0.3) is 0 Å². The highest BCUT2D eigenvalue weighted by Crippen LogP contribution is 2.35. The van der Waals surface area contributed by atoms with E-state index in [0.29, 0.717) is 0 Å². The van der Waals surface area contributed by atoms with Gasteiger partial charge in [0, 0.05) is 19.6 Å². The van der Waals surface area contributed by atoms with Crippen molar-refractivity contribution in [2.24, 2.45) is 5.92 Å². The van der Waals surface area contributed by atoms with Crippen LogP contribution in [-0.2, 0) is 9.47 Å². The Morgan fingerprint density at radius 3 is 2.91 bits per heavy atom. The van der Waals surface area contributed by atoms with Crippen LogP contribution in [0.3, 0.4) is 0 Å². The van der Waals surface area contributed by atoms with Gasteiger partial charge in [-0.3, -0.25) is 0 Å². The van der Waals surface area contributed by atoms with E-state index in [1.165, 1.54) is 12.8 Å². The molecule has 2 aliphatic heterocycles. The van der Waals surface area contributed by atoms with Gasteiger partial charge >= 0.3 is 0 Å². The van der Waals surface area contributed by atoms with Crippen molar-refractivity contribution >= 4 is 0 Å². The van der Waals surface area contributed by atoms with Gasteiger partial charge < -0.3 is 9.47 Å². The van der Waals surface area contributed by atoms with Gasteiger partial charge in [0.1, 0.15) is 0 Å². The number of hydrogen-bond acceptors (Lipinski definition) is 2. The second kappa shape index (κ2) is 2.76. The molecule has 2 unspecified atom stereocenters. The summed E-state index contributed by atoms with van der Waals surface area (Å²) in [5.41, 5.74) is 0.123. The predicted octanol–water partition coefficient (Wildman–Crippen LogP) is 1.59. The standard InChI is InChI=1S/C9H16O2/c1-8-2-4-11-9(6-8)3-5-10-7-9/h8H,2-7H2,1H3. The third kappa shape index (κ3) is 1.42. The molecule has 0 amide bonds. The molecule has 11 heavy (non-hydrogen) atoms. The zero-order valence-electron chi connectivity index (χ0n) is 7.14. The summed E-state index contributed by atoms with van der Waals surface area (Å²) in [6.45, 7) is 4.97. The molecule has 2 atom stereocenters. The molecule has 2 saturated heterocycles. The Hall–Kier alpha value is -0.0800. The van der Waals surface area contributed by atoms with Crippen LogP contribution in [0.25, 0.3) is 0 Å². The highest BCUT2D eigenvalue weighted by molar-refractivity contribution is 4.89. The van der Waals surface area contributed by atoms with Crippen molar-refractivity contribution in [3.63, 3.8) is 0 Å². The summed E-state index contributed by atoms with van der Waals surface area (Å²) in [5.74, 6) is 0.824. The maximum absolute atomic E-state index is 5.77. The lowest BCUT2D eigenvalue weighted by Crippen LogP contribution is -2.39. The fourth-order valence-corrected chi connectivity index (χ4v) is 2.14. The number of rotatable bonds is 0. The fourth-order valence-electron chi connectivity index (χ4n) is 2.14. The average molecular weight is 156 g/mol. The molecule has 0 aliphatic carbocycles. The van der Waals surface area contributed by atoms with E-state index in [2.05, 4.69) is 6.92 Å². The van der Waals surface area contributed by atoms with Crippen molar-refractivity contribution < 1.29 is 9.47 Å². The van der Waals surface area contributed by atoms with Crippen LogP contribution in [0.1, 0.15) is 26.2 Å². The molecule has 0 N–H and O–H groups in total. The minimum atomic E-state index is 0.123. The van der Waals surface area contributed by atoms with Gasteiger partial charge in [0.05, 0.1) is 12.2 Å². The molecular formula is C9H16O2. The zero-order valence-corrected chi connectivity index (χ0v) is 7.14. The normalized spacial score (nSPS) is 45.0. The zero-order chi connectivity index (χ0) is 7.73. The molecule has 0 saturated carbocycles. The van der Waals surface area contributed by atoms with Crippen molar-refractivity contribution in [1.82, 2.24) is 0 Å². The SMILES string of the molecule is CC1CCOC2(CCOC2)C1. The largest absolute Gasteiger partial charge is 0.378 e. The first kappa shape index (κ1) is 7.56. The molecule has 0 radical (unpaired) electrons. The van der Waals surface area contributed by atoms with E-state index in [0.717, 1.165) is 32.2 Å². The van der Waals surface area contributed by atoms with E-state index in [4.69, 9.17) is 9.47 Å². The minimum absolute atomic E-state index is 0.123. The summed E-state index contributed by atoms with van der Waals surface area (Å²) >= 11 is 0. The monoisotopic (exact) mass is 156 g/mol. The third-order valence-electron chi connectivity index (χ3n) is 2.81. The topological polar surface area (TPSA) is 18.5 Å². The molecule has 0 aromatic carbocycles. The maximum Gasteiger partial charge on any atom is 0.0939 e. The number of ether oxygens (including phenoxy) is 2. The highest BCUT2D eigenvalue weighted by atomic mass is 16.6. The van der Waals surface area contributed by atoms with Crippen molar-refractivity contribution in [3.05, 3.63) is 0 Å². The molecule has 0 bridgehead atoms. The van der Waals surface area contributed by atoms with Crippen LogP contribution in [0.15, 0.2) is 0 Å². The Bertz CT molecular complexity index is 138. The van der Waals surface area contributed by atoms with Crippen molar-refractivity contribution in [2.75, 3.05) is 19.8 Å². The Labute approximate surface area is 67.9 Å². The minimum Gasteiger partial charge on any atom is -0.378 e. The van der Waals surface area contributed by atoms with Gasteiger partial charge in [-0.25, -0.2) is 0 Å². The van der Waals surface area contributed by atoms with E-state index < -0.39 is 0 Å². The molecule has 1 spiro atoms. The van der Waals surface area contributed by atoms with Gasteiger partial charge in [-0.05, 0) is 18.8 Å². The second-order valence-corrected chi connectivity index (χ2v) is 3.93. The van der Waals surface area contributed by atoms with Crippen LogP contribution in [0, 0.1) is 5.92 Å². The number of hydrogen-bond donors (Lipinski definition) is 0. The van der Waals surface area contributed by atoms with Crippen LogP contribution in [0.2, 0.25) is 0 Å². The van der Waals surface area contributed by atoms with E-state index in [-0.39, 0.29) is 5.60 Å². The van der Waals surface area contributed by atoms with Crippen molar-refractivity contribution in [2.45, 2.75) is 31.8 Å². The molecule has 2 nitrogen and oxygen atoms in total. The molecule has 64 valence electrons. The molecule has 0 aromatic heterocycles. The molecule has 0 aromatic rings. The van der Waals surface area contributed by atoms with Crippen LogP contribution in [0.5, 0.6) is 0 Å². The molecule has 2 aliphatic rings. The molecular weight excluding hydrogens is 140 g/mol. The van der Waals surface area contributed by atoms with Crippen molar-refractivity contribution in [3.8, 4) is 0 Å². The van der Waals surface area contributed by atoms with Crippen LogP contribution in [-0.4, -0.2) is 25.4 Å². The Kier molecular flexibility index (Phi) is 1.90. The first-order valence-electron chi connectivity index (χ1n) is 4.52. The lowest BCUT2D eigenvalue weighted by molar-refractivity contribution is -0.0950. The van der Waals surface area contributed by atoms with E-state index >= 15 is 0 Å². The van der Waals surface area contributed by atoms with Crippen LogP contribution >= 0.6 is 0 Å². The van der Waals surface area contributed by atoms with Gasteiger partial charge in [-0.2, -0.15) is 0 Å². The molecule has 2 heteroatoms. The molecule has 2 heterocycles. The van der Waals surface area contributed by atoms with Crippen molar-refractivity contribution in [1.29, 1.82) is 0 Å². The third-order valence-corrected chi connectivity index (χ3v) is 2.81. The molecule has 2 fully saturated rings. The van der Waals surface area contributed by atoms with E-state index in [9.17, 15) is 0 Å². The quantitative estimate of drug-likeness (QED) is 0.530. The van der Waals surface area contributed by atoms with Crippen LogP contribution < -0.4 is 0 Å². The van der Waals surface area contributed by atoms with Crippen LogP contribution in [0.4, 0.5) is 0 Å². The maximum atomic E-state index is 5.77. The first-order chi connectivity index (χ1) is 5.31. The average Bonchev–Trinajstić information content (AvgIpc) is 2.37. The Morgan fingerprint density at radius 1 is 1.36 bits per heavy atom. The van der Waals surface area contributed by atoms with Gasteiger partial charge in [-0.1, -0.05) is 6.92 Å². The van der Waals surface area contributed by atoms with E-state index in [1.54, 1.807) is 0 Å². The smallest absolute Gasteiger partial charge is 0.0939 e. The fraction of sp³-hybridized carbons (Fsp3) is 1.00. The second-order valence-electron chi connectivity index (χ2n) is 3.93. The summed E-state index contributed by atoms with van der Waals surface area (Å²) in [6.07, 6.45) is 3.53. The highest BCUT2D eigenvalue weighted by Gasteiger charge is 2.39. The first-order valence-corrected chi connectivity index (χ1v) is 4.52. The van der Waals surface area contributed by atoms with Gasteiger partial charge in [0.2, 0.25) is 0 Å². The van der Waals surface area contributed by atoms with Gasteiger partial charge in [0.15, 0.2) is 0 Å². The van der Waals surface area contributed by atoms with E-state index in [1.807, 2.05) is 0 Å². The lowest BCUT2D eigenvalue weighted by atomic mass is 9.86. The predicted molar refractivity (Wildman–Crippen MR) is 42.5 cm³/mol. The molecule has 2 rings (SSSR count). The summed E-state index contributed by atoms with van der Waals surface area (Å²) in [7, 11) is 0.